The molecule has 122 valence electrons. The summed E-state index contributed by atoms with van der Waals surface area (Å²) >= 11 is 5.98. The first kappa shape index (κ1) is 16.0. The Bertz CT molecular complexity index is 643. The van der Waals surface area contributed by atoms with Crippen LogP contribution in [0.15, 0.2) is 36.5 Å². The summed E-state index contributed by atoms with van der Waals surface area (Å²) in [6.45, 7) is 6.37. The number of aromatic nitrogens is 2. The molecular formula is C17H21ClN4O. The summed E-state index contributed by atoms with van der Waals surface area (Å²) in [4.78, 5) is 16.6. The van der Waals surface area contributed by atoms with Crippen molar-refractivity contribution in [3.8, 4) is 0 Å². The summed E-state index contributed by atoms with van der Waals surface area (Å²) in [6, 6.07) is 10.4. The van der Waals surface area contributed by atoms with E-state index in [0.717, 1.165) is 38.4 Å². The fraction of sp³-hybridized carbons (Fsp3) is 0.412. The number of carbonyl (C=O) groups is 1. The van der Waals surface area contributed by atoms with Gasteiger partial charge in [-0.2, -0.15) is 5.10 Å². The second kappa shape index (κ2) is 7.15. The highest BCUT2D eigenvalue weighted by molar-refractivity contribution is 6.31. The van der Waals surface area contributed by atoms with E-state index in [2.05, 4.69) is 34.3 Å². The smallest absolute Gasteiger partial charge is 0.244 e. The second-order valence-corrected chi connectivity index (χ2v) is 6.31. The second-order valence-electron chi connectivity index (χ2n) is 5.90. The quantitative estimate of drug-likeness (QED) is 0.862. The van der Waals surface area contributed by atoms with E-state index < -0.39 is 0 Å². The molecule has 6 heteroatoms. The van der Waals surface area contributed by atoms with Gasteiger partial charge in [0.05, 0.1) is 10.7 Å². The van der Waals surface area contributed by atoms with Crippen LogP contribution >= 0.6 is 11.6 Å². The Balaban J connectivity index is 1.49. The zero-order valence-electron chi connectivity index (χ0n) is 13.3. The molecule has 0 N–H and O–H groups in total. The van der Waals surface area contributed by atoms with E-state index in [4.69, 9.17) is 11.6 Å². The molecule has 0 unspecified atom stereocenters. The van der Waals surface area contributed by atoms with Crippen LogP contribution in [-0.4, -0.2) is 51.7 Å². The maximum atomic E-state index is 12.4. The van der Waals surface area contributed by atoms with Crippen molar-refractivity contribution in [3.63, 3.8) is 0 Å². The zero-order chi connectivity index (χ0) is 16.2. The van der Waals surface area contributed by atoms with E-state index in [1.807, 2.05) is 17.9 Å². The van der Waals surface area contributed by atoms with Crippen LogP contribution in [0.3, 0.4) is 0 Å². The first-order valence-corrected chi connectivity index (χ1v) is 8.23. The molecule has 1 aliphatic heterocycles. The monoisotopic (exact) mass is 332 g/mol. The highest BCUT2D eigenvalue weighted by atomic mass is 35.5. The molecule has 1 amide bonds. The maximum absolute atomic E-state index is 12.4. The number of amides is 1. The van der Waals surface area contributed by atoms with E-state index in [9.17, 15) is 4.79 Å². The van der Waals surface area contributed by atoms with Crippen molar-refractivity contribution >= 4 is 17.5 Å². The van der Waals surface area contributed by atoms with Gasteiger partial charge in [-0.05, 0) is 12.5 Å². The zero-order valence-corrected chi connectivity index (χ0v) is 14.0. The molecule has 0 radical (unpaired) electrons. The molecule has 2 aromatic rings. The van der Waals surface area contributed by atoms with Gasteiger partial charge in [0, 0.05) is 38.9 Å². The number of nitrogens with zero attached hydrogens (tertiary/aromatic N) is 4. The van der Waals surface area contributed by atoms with E-state index in [1.165, 1.54) is 5.56 Å². The molecular weight excluding hydrogens is 312 g/mol. The van der Waals surface area contributed by atoms with Crippen molar-refractivity contribution in [2.75, 3.05) is 26.2 Å². The number of hydrogen-bond donors (Lipinski definition) is 0. The van der Waals surface area contributed by atoms with Crippen LogP contribution in [0.4, 0.5) is 0 Å². The lowest BCUT2D eigenvalue weighted by Crippen LogP contribution is -2.49. The predicted molar refractivity (Wildman–Crippen MR) is 90.3 cm³/mol. The Hall–Kier alpha value is -1.85. The van der Waals surface area contributed by atoms with Gasteiger partial charge in [-0.15, -0.1) is 0 Å². The van der Waals surface area contributed by atoms with Crippen molar-refractivity contribution in [2.24, 2.45) is 0 Å². The number of piperazine rings is 1. The SMILES string of the molecule is Cc1nn(CC(=O)N2CCN(Cc3ccccc3)CC2)cc1Cl. The van der Waals surface area contributed by atoms with Crippen LogP contribution in [0.25, 0.3) is 0 Å². The molecule has 1 aromatic carbocycles. The minimum absolute atomic E-state index is 0.100. The summed E-state index contributed by atoms with van der Waals surface area (Å²) in [6.07, 6.45) is 1.71. The molecule has 0 bridgehead atoms. The fourth-order valence-corrected chi connectivity index (χ4v) is 2.96. The van der Waals surface area contributed by atoms with Crippen molar-refractivity contribution in [3.05, 3.63) is 52.8 Å². The van der Waals surface area contributed by atoms with Crippen molar-refractivity contribution in [1.82, 2.24) is 19.6 Å². The molecule has 0 atom stereocenters. The Kier molecular flexibility index (Phi) is 4.98. The number of halogens is 1. The number of aryl methyl sites for hydroxylation is 1. The predicted octanol–water partition coefficient (Wildman–Crippen LogP) is 2.19. The molecule has 23 heavy (non-hydrogen) atoms. The van der Waals surface area contributed by atoms with Gasteiger partial charge >= 0.3 is 0 Å². The average Bonchev–Trinajstić information content (AvgIpc) is 2.87. The van der Waals surface area contributed by atoms with Gasteiger partial charge in [-0.1, -0.05) is 41.9 Å². The van der Waals surface area contributed by atoms with Crippen LogP contribution in [-0.2, 0) is 17.9 Å². The van der Waals surface area contributed by atoms with Gasteiger partial charge in [0.1, 0.15) is 6.54 Å². The minimum atomic E-state index is 0.100. The van der Waals surface area contributed by atoms with Crippen LogP contribution in [0.5, 0.6) is 0 Å². The highest BCUT2D eigenvalue weighted by Crippen LogP contribution is 2.13. The third-order valence-electron chi connectivity index (χ3n) is 4.16. The van der Waals surface area contributed by atoms with Crippen LogP contribution in [0.1, 0.15) is 11.3 Å². The van der Waals surface area contributed by atoms with Gasteiger partial charge in [-0.25, -0.2) is 0 Å². The van der Waals surface area contributed by atoms with E-state index in [-0.39, 0.29) is 12.5 Å². The molecule has 2 heterocycles. The van der Waals surface area contributed by atoms with Gasteiger partial charge in [-0.3, -0.25) is 14.4 Å². The Morgan fingerprint density at radius 2 is 1.87 bits per heavy atom. The minimum Gasteiger partial charge on any atom is -0.339 e. The summed E-state index contributed by atoms with van der Waals surface area (Å²) in [5, 5.41) is 4.84. The van der Waals surface area contributed by atoms with Crippen molar-refractivity contribution in [2.45, 2.75) is 20.0 Å². The standard InChI is InChI=1S/C17H21ClN4O/c1-14-16(18)12-22(19-14)13-17(23)21-9-7-20(8-10-21)11-15-5-3-2-4-6-15/h2-6,12H,7-11,13H2,1H3. The fourth-order valence-electron chi connectivity index (χ4n) is 2.81. The third-order valence-corrected chi connectivity index (χ3v) is 4.53. The molecule has 0 aliphatic carbocycles. The van der Waals surface area contributed by atoms with Gasteiger partial charge in [0.15, 0.2) is 0 Å². The summed E-state index contributed by atoms with van der Waals surface area (Å²) in [5.41, 5.74) is 2.07. The first-order valence-electron chi connectivity index (χ1n) is 7.85. The number of hydrogen-bond acceptors (Lipinski definition) is 3. The van der Waals surface area contributed by atoms with Crippen LogP contribution < -0.4 is 0 Å². The lowest BCUT2D eigenvalue weighted by atomic mass is 10.2. The van der Waals surface area contributed by atoms with Crippen molar-refractivity contribution < 1.29 is 4.79 Å². The van der Waals surface area contributed by atoms with E-state index in [1.54, 1.807) is 10.9 Å². The molecule has 3 rings (SSSR count). The molecule has 0 spiro atoms. The maximum Gasteiger partial charge on any atom is 0.244 e. The van der Waals surface area contributed by atoms with Gasteiger partial charge < -0.3 is 4.90 Å². The lowest BCUT2D eigenvalue weighted by Gasteiger charge is -2.34. The highest BCUT2D eigenvalue weighted by Gasteiger charge is 2.21. The largest absolute Gasteiger partial charge is 0.339 e. The molecule has 1 aromatic heterocycles. The third kappa shape index (κ3) is 4.12. The summed E-state index contributed by atoms with van der Waals surface area (Å²) in [5.74, 6) is 0.100. The molecule has 1 aliphatic rings. The number of rotatable bonds is 4. The number of carbonyl (C=O) groups excluding carboxylic acids is 1. The first-order chi connectivity index (χ1) is 11.1. The normalized spacial score (nSPS) is 15.8. The summed E-state index contributed by atoms with van der Waals surface area (Å²) < 4.78 is 1.62. The van der Waals surface area contributed by atoms with Crippen LogP contribution in [0.2, 0.25) is 5.02 Å². The van der Waals surface area contributed by atoms with Gasteiger partial charge in [0.25, 0.3) is 0 Å². The molecule has 1 saturated heterocycles. The Morgan fingerprint density at radius 3 is 2.48 bits per heavy atom. The van der Waals surface area contributed by atoms with E-state index >= 15 is 0 Å². The Labute approximate surface area is 141 Å². The Morgan fingerprint density at radius 1 is 1.17 bits per heavy atom. The van der Waals surface area contributed by atoms with Crippen LogP contribution in [0, 0.1) is 6.92 Å². The molecule has 5 nitrogen and oxygen atoms in total. The summed E-state index contributed by atoms with van der Waals surface area (Å²) in [7, 11) is 0. The molecule has 1 fully saturated rings. The van der Waals surface area contributed by atoms with E-state index in [0.29, 0.717) is 5.02 Å². The molecule has 0 saturated carbocycles. The lowest BCUT2D eigenvalue weighted by molar-refractivity contribution is -0.133. The number of benzene rings is 1. The topological polar surface area (TPSA) is 41.4 Å². The van der Waals surface area contributed by atoms with Gasteiger partial charge in [0.2, 0.25) is 5.91 Å². The average molecular weight is 333 g/mol. The van der Waals surface area contributed by atoms with Crippen molar-refractivity contribution in [1.29, 1.82) is 0 Å².